The van der Waals surface area contributed by atoms with Crippen LogP contribution in [0.3, 0.4) is 0 Å². The van der Waals surface area contributed by atoms with Gasteiger partial charge in [-0.3, -0.25) is 4.79 Å². The molecule has 2 aromatic heterocycles. The van der Waals surface area contributed by atoms with Gasteiger partial charge in [0, 0.05) is 30.3 Å². The first kappa shape index (κ1) is 44.3. The van der Waals surface area contributed by atoms with E-state index in [-0.39, 0.29) is 23.8 Å². The molecule has 1 atom stereocenters. The summed E-state index contributed by atoms with van der Waals surface area (Å²) in [5.74, 6) is 1.51. The molecule has 0 spiro atoms. The second-order valence-electron chi connectivity index (χ2n) is 11.1. The summed E-state index contributed by atoms with van der Waals surface area (Å²) in [6, 6.07) is 18.2. The molecule has 49 heavy (non-hydrogen) atoms. The lowest BCUT2D eigenvalue weighted by Crippen LogP contribution is -2.27. The van der Waals surface area contributed by atoms with Gasteiger partial charge in [0.15, 0.2) is 9.84 Å². The van der Waals surface area contributed by atoms with Crippen LogP contribution in [0, 0.1) is 18.8 Å². The molecule has 15 heteroatoms. The zero-order valence-corrected chi connectivity index (χ0v) is 32.6. The van der Waals surface area contributed by atoms with E-state index in [0.717, 1.165) is 21.9 Å². The van der Waals surface area contributed by atoms with Crippen LogP contribution in [0.25, 0.3) is 0 Å². The maximum absolute atomic E-state index is 13.0. The lowest BCUT2D eigenvalue weighted by atomic mass is 10.1. The maximum atomic E-state index is 13.0. The summed E-state index contributed by atoms with van der Waals surface area (Å²) in [6.45, 7) is 10.4. The Balaban J connectivity index is 0.000000494. The minimum atomic E-state index is -3.60. The number of ether oxygens (including phenoxy) is 2. The predicted octanol–water partition coefficient (Wildman–Crippen LogP) is 8.10. The Morgan fingerprint density at radius 3 is 1.76 bits per heavy atom. The number of aryl methyl sites for hydroxylation is 1. The molecular weight excluding hydrogens is 723 g/mol. The molecular formula is C34H47N3O7S5. The summed E-state index contributed by atoms with van der Waals surface area (Å²) in [6.07, 6.45) is 4.66. The molecule has 0 aliphatic carbocycles. The Bertz CT molecular complexity index is 1450. The van der Waals surface area contributed by atoms with Crippen molar-refractivity contribution in [1.29, 1.82) is 0 Å². The molecule has 0 aliphatic heterocycles. The highest BCUT2D eigenvalue weighted by molar-refractivity contribution is 8.77. The van der Waals surface area contributed by atoms with E-state index in [4.69, 9.17) is 10.5 Å². The molecule has 1 amide bonds. The lowest BCUT2D eigenvalue weighted by Gasteiger charge is -2.19. The van der Waals surface area contributed by atoms with Crippen LogP contribution >= 0.6 is 43.2 Å². The number of esters is 1. The van der Waals surface area contributed by atoms with E-state index in [1.165, 1.54) is 10.8 Å². The first-order chi connectivity index (χ1) is 23.3. The number of primary amides is 1. The minimum absolute atomic E-state index is 0.132. The summed E-state index contributed by atoms with van der Waals surface area (Å²) in [7, 11) is 2.57. The third-order valence-electron chi connectivity index (χ3n) is 5.89. The number of sulfone groups is 1. The number of pyridine rings is 2. The number of benzene rings is 1. The Labute approximate surface area is 307 Å². The van der Waals surface area contributed by atoms with Crippen LogP contribution in [-0.2, 0) is 28.9 Å². The molecule has 10 nitrogen and oxygen atoms in total. The topological polar surface area (TPSA) is 156 Å². The Morgan fingerprint density at radius 2 is 1.35 bits per heavy atom. The standard InChI is InChI=1S/C21H27NO4S3.C8H10N2O2S2.C5H10O/c1-16(2)14-19(29(24,25)18-9-7-17(3)8-10-18)15-21(23)26-12-13-27-28-20-6-4-5-11-22-20;9-8(11)12-5-6-13-14-7-3-1-2-4-10-7;1-5(2)3-4-6/h4-11,16,19H,12-15H2,1-3H3;1-4H,5-6H2,(H2,9,11);4-5H,3H2,1-2H3. The Morgan fingerprint density at radius 1 is 0.816 bits per heavy atom. The zero-order valence-electron chi connectivity index (χ0n) is 28.6. The first-order valence-corrected chi connectivity index (χ1v) is 21.8. The van der Waals surface area contributed by atoms with Crippen molar-refractivity contribution in [2.75, 3.05) is 24.7 Å². The SMILES string of the molecule is CC(C)CC=O.Cc1ccc(S(=O)(=O)C(CC(=O)OCCSSc2ccccn2)CC(C)C)cc1.NC(=O)OCCSSc1ccccn1. The van der Waals surface area contributed by atoms with Crippen LogP contribution in [0.15, 0.2) is 88.0 Å². The Hall–Kier alpha value is -2.72. The van der Waals surface area contributed by atoms with E-state index >= 15 is 0 Å². The molecule has 0 aliphatic rings. The summed E-state index contributed by atoms with van der Waals surface area (Å²) >= 11 is 0. The number of aromatic nitrogens is 2. The van der Waals surface area contributed by atoms with Crippen LogP contribution in [0.5, 0.6) is 0 Å². The van der Waals surface area contributed by atoms with Gasteiger partial charge < -0.3 is 20.0 Å². The second-order valence-corrected chi connectivity index (χ2v) is 18.2. The van der Waals surface area contributed by atoms with Crippen molar-refractivity contribution in [1.82, 2.24) is 9.97 Å². The predicted molar refractivity (Wildman–Crippen MR) is 203 cm³/mol. The van der Waals surface area contributed by atoms with Gasteiger partial charge >= 0.3 is 12.1 Å². The number of rotatable bonds is 18. The molecule has 0 radical (unpaired) electrons. The highest BCUT2D eigenvalue weighted by Gasteiger charge is 2.31. The molecule has 3 rings (SSSR count). The number of hydrogen-bond acceptors (Lipinski definition) is 13. The van der Waals surface area contributed by atoms with E-state index in [1.807, 2.05) is 71.0 Å². The average Bonchev–Trinajstić information content (AvgIpc) is 3.05. The van der Waals surface area contributed by atoms with Gasteiger partial charge in [-0.1, -0.05) is 79.1 Å². The summed E-state index contributed by atoms with van der Waals surface area (Å²) in [5, 5.41) is 1.05. The molecule has 3 aromatic rings. The molecule has 0 fully saturated rings. The van der Waals surface area contributed by atoms with Gasteiger partial charge in [0.05, 0.1) is 16.6 Å². The summed E-state index contributed by atoms with van der Waals surface area (Å²) in [4.78, 5) is 40.7. The van der Waals surface area contributed by atoms with Gasteiger partial charge in [0.2, 0.25) is 0 Å². The summed E-state index contributed by atoms with van der Waals surface area (Å²) in [5.41, 5.74) is 5.79. The van der Waals surface area contributed by atoms with Crippen molar-refractivity contribution < 1.29 is 32.3 Å². The lowest BCUT2D eigenvalue weighted by molar-refractivity contribution is -0.143. The van der Waals surface area contributed by atoms with Crippen LogP contribution in [0.1, 0.15) is 52.5 Å². The minimum Gasteiger partial charge on any atom is -0.465 e. The van der Waals surface area contributed by atoms with Gasteiger partial charge in [-0.15, -0.1) is 0 Å². The van der Waals surface area contributed by atoms with E-state index < -0.39 is 27.1 Å². The highest BCUT2D eigenvalue weighted by atomic mass is 33.1. The largest absolute Gasteiger partial charge is 0.465 e. The van der Waals surface area contributed by atoms with Crippen molar-refractivity contribution in [2.24, 2.45) is 17.6 Å². The fourth-order valence-corrected chi connectivity index (χ4v) is 8.87. The smallest absolute Gasteiger partial charge is 0.404 e. The molecule has 0 bridgehead atoms. The maximum Gasteiger partial charge on any atom is 0.404 e. The van der Waals surface area contributed by atoms with E-state index in [0.29, 0.717) is 36.9 Å². The third kappa shape index (κ3) is 21.9. The molecule has 0 saturated heterocycles. The van der Waals surface area contributed by atoms with Crippen LogP contribution < -0.4 is 5.73 Å². The number of nitrogens with two attached hydrogens (primary N) is 1. The monoisotopic (exact) mass is 769 g/mol. The number of carbonyl (C=O) groups is 3. The Kier molecular flexibility index (Phi) is 23.6. The van der Waals surface area contributed by atoms with Crippen LogP contribution in [0.4, 0.5) is 4.79 Å². The zero-order chi connectivity index (χ0) is 36.5. The van der Waals surface area contributed by atoms with Gasteiger partial charge in [-0.2, -0.15) is 0 Å². The van der Waals surface area contributed by atoms with Gasteiger partial charge in [0.25, 0.3) is 0 Å². The number of amides is 1. The fraction of sp³-hybridized carbons (Fsp3) is 0.441. The van der Waals surface area contributed by atoms with E-state index in [1.54, 1.807) is 69.0 Å². The van der Waals surface area contributed by atoms with Crippen molar-refractivity contribution >= 4 is 71.4 Å². The number of aldehydes is 1. The molecule has 2 heterocycles. The van der Waals surface area contributed by atoms with Gasteiger partial charge in [-0.05, 0) is 83.2 Å². The normalized spacial score (nSPS) is 11.4. The van der Waals surface area contributed by atoms with E-state index in [2.05, 4.69) is 14.7 Å². The van der Waals surface area contributed by atoms with Crippen LogP contribution in [0.2, 0.25) is 0 Å². The van der Waals surface area contributed by atoms with Crippen LogP contribution in [-0.4, -0.2) is 66.7 Å². The van der Waals surface area contributed by atoms with Crippen molar-refractivity contribution in [3.8, 4) is 0 Å². The quantitative estimate of drug-likeness (QED) is 0.0574. The highest BCUT2D eigenvalue weighted by Crippen LogP contribution is 2.29. The van der Waals surface area contributed by atoms with Gasteiger partial charge in [0.1, 0.15) is 29.6 Å². The molecule has 2 N–H and O–H groups in total. The number of carbonyl (C=O) groups excluding carboxylic acids is 3. The summed E-state index contributed by atoms with van der Waals surface area (Å²) < 4.78 is 35.9. The molecule has 270 valence electrons. The molecule has 1 unspecified atom stereocenters. The molecule has 0 saturated carbocycles. The second kappa shape index (κ2) is 26.1. The number of hydrogen-bond donors (Lipinski definition) is 1. The number of nitrogens with zero attached hydrogens (tertiary/aromatic N) is 2. The first-order valence-electron chi connectivity index (χ1n) is 15.6. The van der Waals surface area contributed by atoms with Crippen molar-refractivity contribution in [3.05, 3.63) is 78.6 Å². The third-order valence-corrected chi connectivity index (χ3v) is 12.5. The fourth-order valence-electron chi connectivity index (χ4n) is 3.57. The van der Waals surface area contributed by atoms with Crippen molar-refractivity contribution in [3.63, 3.8) is 0 Å². The van der Waals surface area contributed by atoms with E-state index in [9.17, 15) is 22.8 Å². The van der Waals surface area contributed by atoms with Gasteiger partial charge in [-0.25, -0.2) is 23.2 Å². The molecule has 1 aromatic carbocycles. The van der Waals surface area contributed by atoms with Crippen molar-refractivity contribution in [2.45, 2.75) is 74.1 Å². The average molecular weight is 770 g/mol.